The maximum atomic E-state index is 13.0. The summed E-state index contributed by atoms with van der Waals surface area (Å²) >= 11 is 0. The minimum absolute atomic E-state index is 0.282. The van der Waals surface area contributed by atoms with E-state index in [2.05, 4.69) is 27.5 Å². The van der Waals surface area contributed by atoms with Gasteiger partial charge in [-0.05, 0) is 24.1 Å². The molecule has 0 aliphatic rings. The summed E-state index contributed by atoms with van der Waals surface area (Å²) in [5.41, 5.74) is 1.93. The number of halogens is 1. The third kappa shape index (κ3) is 5.10. The highest BCUT2D eigenvalue weighted by Crippen LogP contribution is 2.18. The van der Waals surface area contributed by atoms with Gasteiger partial charge in [0.15, 0.2) is 5.82 Å². The summed E-state index contributed by atoms with van der Waals surface area (Å²) < 4.78 is 13.0. The summed E-state index contributed by atoms with van der Waals surface area (Å²) in [4.78, 5) is 21.5. The predicted molar refractivity (Wildman–Crippen MR) is 104 cm³/mol. The Bertz CT molecular complexity index is 898. The number of nitrogens with zero attached hydrogens (tertiary/aromatic N) is 2. The van der Waals surface area contributed by atoms with Crippen molar-refractivity contribution in [2.24, 2.45) is 0 Å². The topological polar surface area (TPSA) is 66.9 Å². The summed E-state index contributed by atoms with van der Waals surface area (Å²) in [6, 6.07) is 17.2. The molecule has 138 valence electrons. The molecule has 0 aliphatic heterocycles. The summed E-state index contributed by atoms with van der Waals surface area (Å²) in [5, 5.41) is 6.02. The van der Waals surface area contributed by atoms with Crippen molar-refractivity contribution in [1.29, 1.82) is 0 Å². The first kappa shape index (κ1) is 18.5. The first-order valence-electron chi connectivity index (χ1n) is 8.86. The largest absolute Gasteiger partial charge is 0.370 e. The van der Waals surface area contributed by atoms with Crippen LogP contribution in [0.25, 0.3) is 11.4 Å². The average Bonchev–Trinajstić information content (AvgIpc) is 2.72. The summed E-state index contributed by atoms with van der Waals surface area (Å²) in [5.74, 6) is 0.486. The SMILES string of the molecule is CCCNc1cc(C(=O)NCc2ccc(F)cc2)nc(-c2ccccc2)n1. The van der Waals surface area contributed by atoms with Crippen molar-refractivity contribution in [3.63, 3.8) is 0 Å². The van der Waals surface area contributed by atoms with Gasteiger partial charge in [-0.25, -0.2) is 14.4 Å². The second-order valence-electron chi connectivity index (χ2n) is 6.06. The van der Waals surface area contributed by atoms with E-state index >= 15 is 0 Å². The van der Waals surface area contributed by atoms with Crippen molar-refractivity contribution in [3.8, 4) is 11.4 Å². The fraction of sp³-hybridized carbons (Fsp3) is 0.190. The Morgan fingerprint density at radius 3 is 2.48 bits per heavy atom. The maximum absolute atomic E-state index is 13.0. The molecule has 3 rings (SSSR count). The van der Waals surface area contributed by atoms with Crippen LogP contribution < -0.4 is 10.6 Å². The number of carbonyl (C=O) groups excluding carboxylic acids is 1. The van der Waals surface area contributed by atoms with E-state index in [-0.39, 0.29) is 17.4 Å². The van der Waals surface area contributed by atoms with Crippen LogP contribution in [0.2, 0.25) is 0 Å². The second-order valence-corrected chi connectivity index (χ2v) is 6.06. The second kappa shape index (κ2) is 8.89. The van der Waals surface area contributed by atoms with Gasteiger partial charge in [0.25, 0.3) is 5.91 Å². The van der Waals surface area contributed by atoms with E-state index < -0.39 is 0 Å². The molecular weight excluding hydrogens is 343 g/mol. The Balaban J connectivity index is 1.81. The summed E-state index contributed by atoms with van der Waals surface area (Å²) in [6.07, 6.45) is 0.941. The number of nitrogens with one attached hydrogen (secondary N) is 2. The number of aromatic nitrogens is 2. The molecule has 2 aromatic carbocycles. The van der Waals surface area contributed by atoms with Crippen LogP contribution in [0.5, 0.6) is 0 Å². The van der Waals surface area contributed by atoms with Gasteiger partial charge in [-0.2, -0.15) is 0 Å². The van der Waals surface area contributed by atoms with Gasteiger partial charge >= 0.3 is 0 Å². The number of rotatable bonds is 7. The average molecular weight is 364 g/mol. The van der Waals surface area contributed by atoms with Crippen molar-refractivity contribution in [3.05, 3.63) is 77.7 Å². The monoisotopic (exact) mass is 364 g/mol. The molecule has 0 bridgehead atoms. The normalized spacial score (nSPS) is 10.4. The lowest BCUT2D eigenvalue weighted by Crippen LogP contribution is -2.24. The van der Waals surface area contributed by atoms with Crippen LogP contribution >= 0.6 is 0 Å². The number of anilines is 1. The smallest absolute Gasteiger partial charge is 0.270 e. The predicted octanol–water partition coefficient (Wildman–Crippen LogP) is 4.03. The van der Waals surface area contributed by atoms with E-state index in [1.54, 1.807) is 18.2 Å². The molecule has 1 heterocycles. The van der Waals surface area contributed by atoms with Gasteiger partial charge in [-0.15, -0.1) is 0 Å². The van der Waals surface area contributed by atoms with Crippen LogP contribution in [0.15, 0.2) is 60.7 Å². The lowest BCUT2D eigenvalue weighted by atomic mass is 10.2. The molecule has 0 fully saturated rings. The molecule has 5 nitrogen and oxygen atoms in total. The van der Waals surface area contributed by atoms with Crippen molar-refractivity contribution in [2.45, 2.75) is 19.9 Å². The molecule has 1 aromatic heterocycles. The highest BCUT2D eigenvalue weighted by molar-refractivity contribution is 5.93. The zero-order chi connectivity index (χ0) is 19.1. The molecule has 0 spiro atoms. The standard InChI is InChI=1S/C21H21FN4O/c1-2-12-23-19-13-18(25-20(26-19)16-6-4-3-5-7-16)21(27)24-14-15-8-10-17(22)11-9-15/h3-11,13H,2,12,14H2,1H3,(H,24,27)(H,23,25,26). The quantitative estimate of drug-likeness (QED) is 0.664. The van der Waals surface area contributed by atoms with Crippen LogP contribution in [-0.2, 0) is 6.54 Å². The molecule has 6 heteroatoms. The van der Waals surface area contributed by atoms with Crippen molar-refractivity contribution in [1.82, 2.24) is 15.3 Å². The number of amides is 1. The van der Waals surface area contributed by atoms with Gasteiger partial charge in [-0.1, -0.05) is 49.4 Å². The van der Waals surface area contributed by atoms with E-state index in [0.717, 1.165) is 24.1 Å². The first-order chi connectivity index (χ1) is 13.2. The van der Waals surface area contributed by atoms with Gasteiger partial charge in [0, 0.05) is 24.7 Å². The fourth-order valence-electron chi connectivity index (χ4n) is 2.50. The molecule has 1 amide bonds. The zero-order valence-electron chi connectivity index (χ0n) is 15.1. The van der Waals surface area contributed by atoms with Crippen LogP contribution in [0.3, 0.4) is 0 Å². The number of hydrogen-bond donors (Lipinski definition) is 2. The third-order valence-corrected chi connectivity index (χ3v) is 3.91. The number of hydrogen-bond acceptors (Lipinski definition) is 4. The molecule has 2 N–H and O–H groups in total. The van der Waals surface area contributed by atoms with Crippen molar-refractivity contribution in [2.75, 3.05) is 11.9 Å². The Kier molecular flexibility index (Phi) is 6.10. The number of benzene rings is 2. The van der Waals surface area contributed by atoms with Crippen molar-refractivity contribution >= 4 is 11.7 Å². The highest BCUT2D eigenvalue weighted by atomic mass is 19.1. The Morgan fingerprint density at radius 1 is 1.04 bits per heavy atom. The minimum atomic E-state index is -0.307. The van der Waals surface area contributed by atoms with E-state index in [9.17, 15) is 9.18 Å². The molecular formula is C21H21FN4O. The van der Waals surface area contributed by atoms with E-state index in [1.807, 2.05) is 30.3 Å². The van der Waals surface area contributed by atoms with Gasteiger partial charge in [-0.3, -0.25) is 4.79 Å². The lowest BCUT2D eigenvalue weighted by Gasteiger charge is -2.10. The highest BCUT2D eigenvalue weighted by Gasteiger charge is 2.13. The van der Waals surface area contributed by atoms with Gasteiger partial charge < -0.3 is 10.6 Å². The zero-order valence-corrected chi connectivity index (χ0v) is 15.1. The van der Waals surface area contributed by atoms with Crippen LogP contribution in [0.4, 0.5) is 10.2 Å². The van der Waals surface area contributed by atoms with Crippen LogP contribution in [0, 0.1) is 5.82 Å². The third-order valence-electron chi connectivity index (χ3n) is 3.91. The molecule has 0 saturated carbocycles. The van der Waals surface area contributed by atoms with Crippen LogP contribution in [-0.4, -0.2) is 22.4 Å². The molecule has 27 heavy (non-hydrogen) atoms. The van der Waals surface area contributed by atoms with Gasteiger partial charge in [0.05, 0.1) is 0 Å². The molecule has 0 radical (unpaired) electrons. The fourth-order valence-corrected chi connectivity index (χ4v) is 2.50. The van der Waals surface area contributed by atoms with E-state index in [0.29, 0.717) is 18.2 Å². The van der Waals surface area contributed by atoms with Gasteiger partial charge in [0.2, 0.25) is 0 Å². The molecule has 0 atom stereocenters. The lowest BCUT2D eigenvalue weighted by molar-refractivity contribution is 0.0946. The minimum Gasteiger partial charge on any atom is -0.370 e. The molecule has 3 aromatic rings. The van der Waals surface area contributed by atoms with E-state index in [4.69, 9.17) is 0 Å². The molecule has 0 saturated heterocycles. The Hall–Kier alpha value is -3.28. The summed E-state index contributed by atoms with van der Waals surface area (Å²) in [6.45, 7) is 3.10. The Labute approximate surface area is 157 Å². The first-order valence-corrected chi connectivity index (χ1v) is 8.86. The van der Waals surface area contributed by atoms with Crippen molar-refractivity contribution < 1.29 is 9.18 Å². The molecule has 0 unspecified atom stereocenters. The van der Waals surface area contributed by atoms with Gasteiger partial charge in [0.1, 0.15) is 17.3 Å². The maximum Gasteiger partial charge on any atom is 0.270 e. The number of carbonyl (C=O) groups is 1. The summed E-state index contributed by atoms with van der Waals surface area (Å²) in [7, 11) is 0. The Morgan fingerprint density at radius 2 is 1.78 bits per heavy atom. The van der Waals surface area contributed by atoms with Crippen LogP contribution in [0.1, 0.15) is 29.4 Å². The molecule has 0 aliphatic carbocycles. The van der Waals surface area contributed by atoms with E-state index in [1.165, 1.54) is 12.1 Å².